The molecule has 1 unspecified atom stereocenters. The van der Waals surface area contributed by atoms with Crippen LogP contribution in [0.1, 0.15) is 25.7 Å². The minimum atomic E-state index is -3.79. The number of ether oxygens (including phenoxy) is 1. The second-order valence-corrected chi connectivity index (χ2v) is 6.50. The zero-order valence-electron chi connectivity index (χ0n) is 11.3. The zero-order chi connectivity index (χ0) is 14.6. The van der Waals surface area contributed by atoms with Gasteiger partial charge in [-0.05, 0) is 37.8 Å². The molecule has 0 spiro atoms. The van der Waals surface area contributed by atoms with Crippen LogP contribution >= 0.6 is 0 Å². The van der Waals surface area contributed by atoms with Crippen LogP contribution in [0.25, 0.3) is 0 Å². The molecule has 1 fully saturated rings. The van der Waals surface area contributed by atoms with E-state index in [9.17, 15) is 8.42 Å². The average molecular weight is 299 g/mol. The molecule has 2 rings (SSSR count). The first-order valence-electron chi connectivity index (χ1n) is 6.75. The molecule has 0 radical (unpaired) electrons. The Morgan fingerprint density at radius 1 is 1.35 bits per heavy atom. The van der Waals surface area contributed by atoms with E-state index in [-0.39, 0.29) is 16.7 Å². The summed E-state index contributed by atoms with van der Waals surface area (Å²) in [6.45, 7) is 1.51. The monoisotopic (exact) mass is 299 g/mol. The number of primary sulfonamides is 1. The first kappa shape index (κ1) is 15.1. The van der Waals surface area contributed by atoms with Gasteiger partial charge in [0.1, 0.15) is 4.90 Å². The van der Waals surface area contributed by atoms with E-state index in [1.54, 1.807) is 12.1 Å². The van der Waals surface area contributed by atoms with Gasteiger partial charge in [-0.3, -0.25) is 0 Å². The molecule has 0 amide bonds. The van der Waals surface area contributed by atoms with E-state index in [4.69, 9.17) is 15.6 Å². The van der Waals surface area contributed by atoms with Crippen molar-refractivity contribution in [2.75, 3.05) is 24.2 Å². The molecule has 1 aliphatic heterocycles. The zero-order valence-corrected chi connectivity index (χ0v) is 12.2. The Kier molecular flexibility index (Phi) is 4.85. The van der Waals surface area contributed by atoms with Crippen LogP contribution in [0.5, 0.6) is 0 Å². The van der Waals surface area contributed by atoms with E-state index < -0.39 is 10.0 Å². The summed E-state index contributed by atoms with van der Waals surface area (Å²) in [5, 5.41) is 8.26. The van der Waals surface area contributed by atoms with Crippen LogP contribution in [-0.2, 0) is 14.8 Å². The van der Waals surface area contributed by atoms with E-state index in [1.807, 2.05) is 0 Å². The van der Waals surface area contributed by atoms with Gasteiger partial charge < -0.3 is 15.8 Å². The number of nitrogens with two attached hydrogens (primary N) is 2. The Labute approximate surface area is 119 Å². The molecule has 1 aromatic rings. The summed E-state index contributed by atoms with van der Waals surface area (Å²) in [6.07, 6.45) is 4.56. The number of anilines is 2. The quantitative estimate of drug-likeness (QED) is 0.710. The van der Waals surface area contributed by atoms with E-state index in [1.165, 1.54) is 12.5 Å². The van der Waals surface area contributed by atoms with Gasteiger partial charge in [0.15, 0.2) is 0 Å². The van der Waals surface area contributed by atoms with Gasteiger partial charge in [-0.2, -0.15) is 0 Å². The normalized spacial score (nSPS) is 19.8. The van der Waals surface area contributed by atoms with Crippen molar-refractivity contribution in [1.29, 1.82) is 0 Å². The van der Waals surface area contributed by atoms with E-state index >= 15 is 0 Å². The second kappa shape index (κ2) is 6.43. The molecule has 5 N–H and O–H groups in total. The molecule has 20 heavy (non-hydrogen) atoms. The summed E-state index contributed by atoms with van der Waals surface area (Å²) in [7, 11) is -3.79. The Morgan fingerprint density at radius 2 is 2.15 bits per heavy atom. The fourth-order valence-electron chi connectivity index (χ4n) is 2.35. The number of rotatable bonds is 5. The molecular formula is C13H21N3O3S. The van der Waals surface area contributed by atoms with Crippen LogP contribution in [0.3, 0.4) is 0 Å². The summed E-state index contributed by atoms with van der Waals surface area (Å²) in [4.78, 5) is -0.0450. The fourth-order valence-corrected chi connectivity index (χ4v) is 3.03. The topological polar surface area (TPSA) is 107 Å². The molecule has 112 valence electrons. The van der Waals surface area contributed by atoms with Crippen molar-refractivity contribution in [1.82, 2.24) is 0 Å². The lowest BCUT2D eigenvalue weighted by Crippen LogP contribution is -2.22. The average Bonchev–Trinajstić information content (AvgIpc) is 2.40. The van der Waals surface area contributed by atoms with Gasteiger partial charge in [0.05, 0.1) is 17.5 Å². The van der Waals surface area contributed by atoms with Crippen molar-refractivity contribution in [3.63, 3.8) is 0 Å². The summed E-state index contributed by atoms with van der Waals surface area (Å²) in [5.74, 6) is 0. The van der Waals surface area contributed by atoms with Gasteiger partial charge in [0.25, 0.3) is 0 Å². The summed E-state index contributed by atoms with van der Waals surface area (Å²) >= 11 is 0. The van der Waals surface area contributed by atoms with Gasteiger partial charge >= 0.3 is 0 Å². The van der Waals surface area contributed by atoms with Crippen molar-refractivity contribution < 1.29 is 13.2 Å². The summed E-state index contributed by atoms with van der Waals surface area (Å²) in [6, 6.07) is 4.77. The van der Waals surface area contributed by atoms with Crippen molar-refractivity contribution in [2.24, 2.45) is 5.14 Å². The van der Waals surface area contributed by atoms with Gasteiger partial charge in [0.2, 0.25) is 10.0 Å². The van der Waals surface area contributed by atoms with Gasteiger partial charge in [-0.25, -0.2) is 13.6 Å². The van der Waals surface area contributed by atoms with Crippen molar-refractivity contribution >= 4 is 21.4 Å². The lowest BCUT2D eigenvalue weighted by atomic mass is 10.1. The molecule has 1 heterocycles. The predicted octanol–water partition coefficient (Wildman–Crippen LogP) is 1.29. The maximum Gasteiger partial charge on any atom is 0.240 e. The van der Waals surface area contributed by atoms with Crippen molar-refractivity contribution in [2.45, 2.75) is 36.7 Å². The highest BCUT2D eigenvalue weighted by molar-refractivity contribution is 7.89. The largest absolute Gasteiger partial charge is 0.396 e. The number of hydrogen-bond acceptors (Lipinski definition) is 5. The molecule has 1 atom stereocenters. The van der Waals surface area contributed by atoms with Crippen LogP contribution in [-0.4, -0.2) is 27.7 Å². The highest BCUT2D eigenvalue weighted by atomic mass is 32.2. The minimum absolute atomic E-state index is 0.0450. The molecule has 1 saturated heterocycles. The Morgan fingerprint density at radius 3 is 2.80 bits per heavy atom. The van der Waals surface area contributed by atoms with Crippen LogP contribution in [0, 0.1) is 0 Å². The number of benzene rings is 1. The molecular weight excluding hydrogens is 278 g/mol. The van der Waals surface area contributed by atoms with Crippen LogP contribution in [0.15, 0.2) is 23.1 Å². The van der Waals surface area contributed by atoms with Crippen LogP contribution < -0.4 is 16.2 Å². The number of nitrogens with one attached hydrogen (secondary N) is 1. The molecule has 0 aliphatic carbocycles. The first-order chi connectivity index (χ1) is 9.48. The van der Waals surface area contributed by atoms with E-state index in [0.29, 0.717) is 12.2 Å². The van der Waals surface area contributed by atoms with Gasteiger partial charge in [-0.15, -0.1) is 0 Å². The summed E-state index contributed by atoms with van der Waals surface area (Å²) < 4.78 is 28.4. The Bertz CT molecular complexity index is 554. The molecule has 7 heteroatoms. The molecule has 6 nitrogen and oxygen atoms in total. The maximum absolute atomic E-state index is 11.4. The molecule has 0 saturated carbocycles. The van der Waals surface area contributed by atoms with E-state index in [2.05, 4.69) is 5.32 Å². The predicted molar refractivity (Wildman–Crippen MR) is 78.9 cm³/mol. The van der Waals surface area contributed by atoms with Gasteiger partial charge in [0, 0.05) is 13.2 Å². The Balaban J connectivity index is 1.96. The third kappa shape index (κ3) is 3.84. The van der Waals surface area contributed by atoms with Gasteiger partial charge in [-0.1, -0.05) is 6.07 Å². The van der Waals surface area contributed by atoms with Crippen LogP contribution in [0.4, 0.5) is 11.4 Å². The fraction of sp³-hybridized carbons (Fsp3) is 0.538. The molecule has 1 aromatic carbocycles. The SMILES string of the molecule is Nc1c(NCCC2CCCCO2)cccc1S(N)(=O)=O. The van der Waals surface area contributed by atoms with E-state index in [0.717, 1.165) is 25.9 Å². The third-order valence-electron chi connectivity index (χ3n) is 3.43. The molecule has 0 bridgehead atoms. The lowest BCUT2D eigenvalue weighted by molar-refractivity contribution is 0.0134. The first-order valence-corrected chi connectivity index (χ1v) is 8.30. The highest BCUT2D eigenvalue weighted by Crippen LogP contribution is 2.26. The highest BCUT2D eigenvalue weighted by Gasteiger charge is 2.16. The number of hydrogen-bond donors (Lipinski definition) is 3. The smallest absolute Gasteiger partial charge is 0.240 e. The Hall–Kier alpha value is -1.31. The standard InChI is InChI=1S/C13H21N3O3S/c14-13-11(5-3-6-12(13)20(15,17)18)16-8-7-10-4-1-2-9-19-10/h3,5-6,10,16H,1-2,4,7-9,14H2,(H2,15,17,18). The minimum Gasteiger partial charge on any atom is -0.396 e. The van der Waals surface area contributed by atoms with Crippen LogP contribution in [0.2, 0.25) is 0 Å². The second-order valence-electron chi connectivity index (χ2n) is 4.97. The number of nitrogen functional groups attached to an aromatic ring is 1. The number of sulfonamides is 1. The third-order valence-corrected chi connectivity index (χ3v) is 4.40. The maximum atomic E-state index is 11.4. The summed E-state index contributed by atoms with van der Waals surface area (Å²) in [5.41, 5.74) is 6.59. The molecule has 0 aromatic heterocycles. The van der Waals surface area contributed by atoms with Crippen molar-refractivity contribution in [3.8, 4) is 0 Å². The molecule has 1 aliphatic rings. The lowest BCUT2D eigenvalue weighted by Gasteiger charge is -2.23. The van der Waals surface area contributed by atoms with Crippen molar-refractivity contribution in [3.05, 3.63) is 18.2 Å². The number of para-hydroxylation sites is 1.